The first-order valence-electron chi connectivity index (χ1n) is 12.3. The summed E-state index contributed by atoms with van der Waals surface area (Å²) in [5.41, 5.74) is 0. The minimum absolute atomic E-state index is 0.0177. The molecular formula is C23H41N5O4. The van der Waals surface area contributed by atoms with Crippen LogP contribution in [0, 0.1) is 11.8 Å². The normalized spacial score (nSPS) is 24.8. The van der Waals surface area contributed by atoms with Gasteiger partial charge in [0.15, 0.2) is 0 Å². The smallest absolute Gasteiger partial charge is 0.226 e. The molecule has 182 valence electrons. The Bertz CT molecular complexity index is 646. The molecule has 0 aromatic rings. The number of aliphatic hydroxyl groups excluding tert-OH is 1. The Morgan fingerprint density at radius 1 is 0.938 bits per heavy atom. The van der Waals surface area contributed by atoms with Crippen molar-refractivity contribution in [3.63, 3.8) is 0 Å². The average molecular weight is 452 g/mol. The second-order valence-electron chi connectivity index (χ2n) is 9.46. The number of hydrogen-bond acceptors (Lipinski definition) is 6. The van der Waals surface area contributed by atoms with Crippen LogP contribution in [0.4, 0.5) is 0 Å². The van der Waals surface area contributed by atoms with E-state index in [2.05, 4.69) is 10.2 Å². The fourth-order valence-electron chi connectivity index (χ4n) is 5.39. The standard InChI is InChI=1S/C23H41N5O4/c1-18(22(31)26-9-6-24-7-10-26)21(17-20-5-3-4-8-28(20)19(2)30)23(32)27-13-11-25(12-14-27)15-16-29/h18,20-21,24,29H,3-17H2,1-2H3. The molecule has 3 aliphatic rings. The quantitative estimate of drug-likeness (QED) is 0.547. The van der Waals surface area contributed by atoms with Crippen LogP contribution >= 0.6 is 0 Å². The van der Waals surface area contributed by atoms with E-state index in [-0.39, 0.29) is 30.4 Å². The number of β-amino-alcohol motifs (C(OH)–C–C–N with tert-alkyl or cyclic N) is 1. The molecule has 3 atom stereocenters. The third-order valence-electron chi connectivity index (χ3n) is 7.40. The molecule has 0 aromatic carbocycles. The highest BCUT2D eigenvalue weighted by atomic mass is 16.3. The molecule has 3 saturated heterocycles. The van der Waals surface area contributed by atoms with E-state index in [1.807, 2.05) is 21.6 Å². The molecule has 32 heavy (non-hydrogen) atoms. The van der Waals surface area contributed by atoms with Gasteiger partial charge in [-0.2, -0.15) is 0 Å². The zero-order valence-electron chi connectivity index (χ0n) is 19.8. The van der Waals surface area contributed by atoms with Crippen LogP contribution in [0.3, 0.4) is 0 Å². The number of rotatable bonds is 7. The van der Waals surface area contributed by atoms with Crippen LogP contribution in [-0.2, 0) is 14.4 Å². The summed E-state index contributed by atoms with van der Waals surface area (Å²) in [5, 5.41) is 12.5. The molecule has 3 unspecified atom stereocenters. The molecule has 0 saturated carbocycles. The van der Waals surface area contributed by atoms with E-state index in [9.17, 15) is 19.5 Å². The van der Waals surface area contributed by atoms with Crippen molar-refractivity contribution in [1.82, 2.24) is 24.9 Å². The van der Waals surface area contributed by atoms with E-state index in [1.165, 1.54) is 0 Å². The van der Waals surface area contributed by atoms with E-state index in [0.29, 0.717) is 39.1 Å². The highest BCUT2D eigenvalue weighted by molar-refractivity contribution is 5.88. The fraction of sp³-hybridized carbons (Fsp3) is 0.870. The molecule has 3 aliphatic heterocycles. The zero-order valence-corrected chi connectivity index (χ0v) is 19.8. The number of aliphatic hydroxyl groups is 1. The van der Waals surface area contributed by atoms with Crippen molar-refractivity contribution in [3.8, 4) is 0 Å². The highest BCUT2D eigenvalue weighted by Crippen LogP contribution is 2.29. The van der Waals surface area contributed by atoms with Gasteiger partial charge in [-0.3, -0.25) is 19.3 Å². The number of carbonyl (C=O) groups excluding carboxylic acids is 3. The number of hydrogen-bond donors (Lipinski definition) is 2. The topological polar surface area (TPSA) is 96.4 Å². The number of carbonyl (C=O) groups is 3. The SMILES string of the molecule is CC(=O)N1CCCCC1CC(C(=O)N1CCN(CCO)CC1)C(C)C(=O)N1CCNCC1. The summed E-state index contributed by atoms with van der Waals surface area (Å²) in [5.74, 6) is -0.689. The molecule has 0 radical (unpaired) electrons. The summed E-state index contributed by atoms with van der Waals surface area (Å²) >= 11 is 0. The Balaban J connectivity index is 1.74. The van der Waals surface area contributed by atoms with Gasteiger partial charge in [-0.1, -0.05) is 6.92 Å². The van der Waals surface area contributed by atoms with Crippen LogP contribution in [0.5, 0.6) is 0 Å². The zero-order chi connectivity index (χ0) is 23.1. The van der Waals surface area contributed by atoms with Crippen molar-refractivity contribution in [2.24, 2.45) is 11.8 Å². The summed E-state index contributed by atoms with van der Waals surface area (Å²) in [6.45, 7) is 10.6. The molecule has 0 aliphatic carbocycles. The number of piperidine rings is 1. The molecule has 3 fully saturated rings. The van der Waals surface area contributed by atoms with Gasteiger partial charge in [0, 0.05) is 84.3 Å². The Hall–Kier alpha value is -1.71. The minimum atomic E-state index is -0.424. The largest absolute Gasteiger partial charge is 0.395 e. The van der Waals surface area contributed by atoms with Crippen molar-refractivity contribution in [3.05, 3.63) is 0 Å². The second-order valence-corrected chi connectivity index (χ2v) is 9.46. The van der Waals surface area contributed by atoms with Gasteiger partial charge in [0.2, 0.25) is 17.7 Å². The highest BCUT2D eigenvalue weighted by Gasteiger charge is 2.39. The van der Waals surface area contributed by atoms with Gasteiger partial charge in [0.25, 0.3) is 0 Å². The number of amides is 3. The lowest BCUT2D eigenvalue weighted by atomic mass is 9.82. The molecule has 3 rings (SSSR count). The van der Waals surface area contributed by atoms with Crippen LogP contribution < -0.4 is 5.32 Å². The Morgan fingerprint density at radius 3 is 2.22 bits per heavy atom. The maximum atomic E-state index is 13.7. The Kier molecular flexibility index (Phi) is 9.31. The number of nitrogens with one attached hydrogen (secondary N) is 1. The number of nitrogens with zero attached hydrogens (tertiary/aromatic N) is 4. The molecule has 2 N–H and O–H groups in total. The van der Waals surface area contributed by atoms with E-state index in [1.54, 1.807) is 6.92 Å². The van der Waals surface area contributed by atoms with Gasteiger partial charge < -0.3 is 25.1 Å². The van der Waals surface area contributed by atoms with Crippen molar-refractivity contribution in [2.75, 3.05) is 72.1 Å². The lowest BCUT2D eigenvalue weighted by molar-refractivity contribution is -0.149. The Morgan fingerprint density at radius 2 is 1.59 bits per heavy atom. The summed E-state index contributed by atoms with van der Waals surface area (Å²) in [4.78, 5) is 47.1. The summed E-state index contributed by atoms with van der Waals surface area (Å²) < 4.78 is 0. The summed E-state index contributed by atoms with van der Waals surface area (Å²) in [6, 6.07) is 0.0177. The molecule has 9 nitrogen and oxygen atoms in total. The van der Waals surface area contributed by atoms with Crippen molar-refractivity contribution in [2.45, 2.75) is 45.6 Å². The molecule has 9 heteroatoms. The van der Waals surface area contributed by atoms with Crippen LogP contribution in [0.15, 0.2) is 0 Å². The molecule has 0 aromatic heterocycles. The third kappa shape index (κ3) is 6.20. The lowest BCUT2D eigenvalue weighted by Gasteiger charge is -2.41. The average Bonchev–Trinajstić information content (AvgIpc) is 2.82. The van der Waals surface area contributed by atoms with Gasteiger partial charge >= 0.3 is 0 Å². The lowest BCUT2D eigenvalue weighted by Crippen LogP contribution is -2.55. The summed E-state index contributed by atoms with van der Waals surface area (Å²) in [6.07, 6.45) is 3.49. The predicted molar refractivity (Wildman–Crippen MR) is 122 cm³/mol. The van der Waals surface area contributed by atoms with E-state index >= 15 is 0 Å². The maximum absolute atomic E-state index is 13.7. The minimum Gasteiger partial charge on any atom is -0.395 e. The van der Waals surface area contributed by atoms with Crippen molar-refractivity contribution < 1.29 is 19.5 Å². The maximum Gasteiger partial charge on any atom is 0.226 e. The summed E-state index contributed by atoms with van der Waals surface area (Å²) in [7, 11) is 0. The molecule has 0 bridgehead atoms. The molecule has 3 heterocycles. The third-order valence-corrected chi connectivity index (χ3v) is 7.40. The van der Waals surface area contributed by atoms with Gasteiger partial charge in [0.05, 0.1) is 12.5 Å². The van der Waals surface area contributed by atoms with Crippen LogP contribution in [-0.4, -0.2) is 121 Å². The molecule has 0 spiro atoms. The van der Waals surface area contributed by atoms with Crippen LogP contribution in [0.2, 0.25) is 0 Å². The van der Waals surface area contributed by atoms with Gasteiger partial charge in [0.1, 0.15) is 0 Å². The first kappa shape index (κ1) is 24.9. The number of piperazine rings is 2. The van der Waals surface area contributed by atoms with Gasteiger partial charge in [-0.15, -0.1) is 0 Å². The monoisotopic (exact) mass is 451 g/mol. The van der Waals surface area contributed by atoms with Crippen LogP contribution in [0.1, 0.15) is 39.5 Å². The van der Waals surface area contributed by atoms with Gasteiger partial charge in [-0.05, 0) is 25.7 Å². The van der Waals surface area contributed by atoms with Gasteiger partial charge in [-0.25, -0.2) is 0 Å². The second kappa shape index (κ2) is 12.0. The van der Waals surface area contributed by atoms with E-state index in [4.69, 9.17) is 0 Å². The molecule has 3 amide bonds. The number of likely N-dealkylation sites (tertiary alicyclic amines) is 1. The van der Waals surface area contributed by atoms with Crippen molar-refractivity contribution in [1.29, 1.82) is 0 Å². The van der Waals surface area contributed by atoms with Crippen LogP contribution in [0.25, 0.3) is 0 Å². The first-order chi connectivity index (χ1) is 15.4. The van der Waals surface area contributed by atoms with E-state index < -0.39 is 11.8 Å². The first-order valence-corrected chi connectivity index (χ1v) is 12.3. The van der Waals surface area contributed by atoms with Crippen molar-refractivity contribution >= 4 is 17.7 Å². The van der Waals surface area contributed by atoms with E-state index in [0.717, 1.165) is 52.0 Å². The fourth-order valence-corrected chi connectivity index (χ4v) is 5.39. The Labute approximate surface area is 192 Å². The molecular weight excluding hydrogens is 410 g/mol. The predicted octanol–water partition coefficient (Wildman–Crippen LogP) is -0.402.